The van der Waals surface area contributed by atoms with Crippen molar-refractivity contribution >= 4 is 5.91 Å². The van der Waals surface area contributed by atoms with Gasteiger partial charge in [0.15, 0.2) is 0 Å². The molecule has 1 aromatic heterocycles. The van der Waals surface area contributed by atoms with Crippen LogP contribution in [0.2, 0.25) is 0 Å². The first kappa shape index (κ1) is 13.6. The van der Waals surface area contributed by atoms with Gasteiger partial charge in [-0.3, -0.25) is 15.1 Å². The molecule has 2 aliphatic heterocycles. The number of rotatable bonds is 3. The highest BCUT2D eigenvalue weighted by Gasteiger charge is 2.40. The van der Waals surface area contributed by atoms with Crippen molar-refractivity contribution in [1.29, 1.82) is 0 Å². The Morgan fingerprint density at radius 2 is 2.15 bits per heavy atom. The second-order valence-electron chi connectivity index (χ2n) is 5.84. The zero-order valence-corrected chi connectivity index (χ0v) is 11.6. The van der Waals surface area contributed by atoms with E-state index in [1.165, 1.54) is 0 Å². The third kappa shape index (κ3) is 2.34. The molecule has 2 unspecified atom stereocenters. The number of nitrogens with one attached hydrogen (secondary N) is 1. The number of aliphatic hydroxyl groups is 1. The highest BCUT2D eigenvalue weighted by molar-refractivity contribution is 5.94. The maximum absolute atomic E-state index is 11.6. The number of carbonyl (C=O) groups is 1. The Morgan fingerprint density at radius 3 is 2.75 bits per heavy atom. The van der Waals surface area contributed by atoms with Crippen molar-refractivity contribution in [2.75, 3.05) is 0 Å². The Balaban J connectivity index is 1.74. The maximum atomic E-state index is 11.6. The number of hydrogen-bond donors (Lipinski definition) is 3. The van der Waals surface area contributed by atoms with E-state index in [2.05, 4.69) is 10.3 Å². The molecule has 0 spiro atoms. The van der Waals surface area contributed by atoms with E-state index in [-0.39, 0.29) is 12.0 Å². The van der Waals surface area contributed by atoms with Crippen molar-refractivity contribution in [3.05, 3.63) is 23.2 Å². The van der Waals surface area contributed by atoms with E-state index in [0.29, 0.717) is 30.0 Å². The normalized spacial score (nSPS) is 29.6. The van der Waals surface area contributed by atoms with Crippen LogP contribution >= 0.6 is 0 Å². The number of hydrazine groups is 1. The molecule has 3 heterocycles. The van der Waals surface area contributed by atoms with Gasteiger partial charge in [0.1, 0.15) is 11.5 Å². The van der Waals surface area contributed by atoms with E-state index in [9.17, 15) is 9.90 Å². The number of nitrogens with two attached hydrogens (primary N) is 1. The van der Waals surface area contributed by atoms with Crippen LogP contribution in [0.15, 0.2) is 10.5 Å². The summed E-state index contributed by atoms with van der Waals surface area (Å²) in [6, 6.07) is 2.63. The number of aliphatic hydroxyl groups excluding tert-OH is 1. The molecule has 0 aliphatic carbocycles. The van der Waals surface area contributed by atoms with Gasteiger partial charge in [-0.1, -0.05) is 0 Å². The van der Waals surface area contributed by atoms with Gasteiger partial charge in [-0.05, 0) is 38.7 Å². The van der Waals surface area contributed by atoms with Gasteiger partial charge in [0.05, 0.1) is 18.2 Å². The number of fused-ring (bicyclic) bond motifs is 2. The van der Waals surface area contributed by atoms with Crippen LogP contribution in [-0.4, -0.2) is 34.1 Å². The van der Waals surface area contributed by atoms with Crippen LogP contribution in [0.5, 0.6) is 0 Å². The highest BCUT2D eigenvalue weighted by atomic mass is 16.3. The molecule has 1 aromatic rings. The van der Waals surface area contributed by atoms with Gasteiger partial charge in [0, 0.05) is 12.1 Å². The van der Waals surface area contributed by atoms with Crippen LogP contribution in [0.25, 0.3) is 0 Å². The molecule has 2 bridgehead atoms. The average molecular weight is 279 g/mol. The van der Waals surface area contributed by atoms with Gasteiger partial charge in [-0.25, -0.2) is 5.84 Å². The number of carbonyl (C=O) groups excluding carboxylic acids is 1. The summed E-state index contributed by atoms with van der Waals surface area (Å²) in [7, 11) is 0. The van der Waals surface area contributed by atoms with E-state index in [0.717, 1.165) is 31.4 Å². The molecule has 3 rings (SSSR count). The lowest BCUT2D eigenvalue weighted by Gasteiger charge is -2.36. The Morgan fingerprint density at radius 1 is 1.50 bits per heavy atom. The number of hydrogen-bond acceptors (Lipinski definition) is 5. The molecule has 2 aliphatic rings. The SMILES string of the molecule is Cc1oc(CN2C3CCC2CC(O)C3)cc1C(=O)NN. The third-order valence-electron chi connectivity index (χ3n) is 4.54. The zero-order valence-electron chi connectivity index (χ0n) is 11.6. The predicted molar refractivity (Wildman–Crippen MR) is 72.7 cm³/mol. The molecule has 2 fully saturated rings. The lowest BCUT2D eigenvalue weighted by Crippen LogP contribution is -2.43. The van der Waals surface area contributed by atoms with Crippen LogP contribution in [0.3, 0.4) is 0 Å². The van der Waals surface area contributed by atoms with Crippen molar-refractivity contribution in [3.63, 3.8) is 0 Å². The molecule has 20 heavy (non-hydrogen) atoms. The fraction of sp³-hybridized carbons (Fsp3) is 0.643. The van der Waals surface area contributed by atoms with Gasteiger partial charge in [-0.15, -0.1) is 0 Å². The Kier molecular flexibility index (Phi) is 3.54. The van der Waals surface area contributed by atoms with Crippen molar-refractivity contribution in [2.24, 2.45) is 5.84 Å². The van der Waals surface area contributed by atoms with Crippen molar-refractivity contribution < 1.29 is 14.3 Å². The minimum Gasteiger partial charge on any atom is -0.464 e. The summed E-state index contributed by atoms with van der Waals surface area (Å²) >= 11 is 0. The fourth-order valence-electron chi connectivity index (χ4n) is 3.61. The Bertz CT molecular complexity index is 500. The molecule has 2 saturated heterocycles. The summed E-state index contributed by atoms with van der Waals surface area (Å²) in [4.78, 5) is 14.0. The number of nitrogens with zero attached hydrogens (tertiary/aromatic N) is 1. The summed E-state index contributed by atoms with van der Waals surface area (Å²) in [5.41, 5.74) is 2.62. The van der Waals surface area contributed by atoms with E-state index in [1.54, 1.807) is 13.0 Å². The molecule has 4 N–H and O–H groups in total. The van der Waals surface area contributed by atoms with Crippen LogP contribution in [0.4, 0.5) is 0 Å². The molecule has 1 amide bonds. The van der Waals surface area contributed by atoms with Gasteiger partial charge in [0.25, 0.3) is 5.91 Å². The average Bonchev–Trinajstić information content (AvgIpc) is 2.88. The van der Waals surface area contributed by atoms with E-state index in [4.69, 9.17) is 10.3 Å². The number of amides is 1. The first-order valence-electron chi connectivity index (χ1n) is 7.12. The van der Waals surface area contributed by atoms with Gasteiger partial charge in [-0.2, -0.15) is 0 Å². The van der Waals surface area contributed by atoms with Crippen molar-refractivity contribution in [1.82, 2.24) is 10.3 Å². The monoisotopic (exact) mass is 279 g/mol. The van der Waals surface area contributed by atoms with E-state index in [1.807, 2.05) is 0 Å². The summed E-state index contributed by atoms with van der Waals surface area (Å²) < 4.78 is 5.67. The number of aryl methyl sites for hydroxylation is 1. The largest absolute Gasteiger partial charge is 0.464 e. The first-order valence-corrected chi connectivity index (χ1v) is 7.12. The number of piperidine rings is 1. The van der Waals surface area contributed by atoms with Crippen molar-refractivity contribution in [3.8, 4) is 0 Å². The van der Waals surface area contributed by atoms with Gasteiger partial charge >= 0.3 is 0 Å². The molecule has 110 valence electrons. The topological polar surface area (TPSA) is 91.7 Å². The molecule has 2 atom stereocenters. The summed E-state index contributed by atoms with van der Waals surface area (Å²) in [5.74, 6) is 6.21. The quantitative estimate of drug-likeness (QED) is 0.430. The van der Waals surface area contributed by atoms with E-state index < -0.39 is 0 Å². The summed E-state index contributed by atoms with van der Waals surface area (Å²) in [6.07, 6.45) is 3.79. The minimum atomic E-state index is -0.325. The molecule has 6 nitrogen and oxygen atoms in total. The highest BCUT2D eigenvalue weighted by Crippen LogP contribution is 2.37. The standard InChI is InChI=1S/C14H21N3O3/c1-8-13(14(19)16-15)6-12(20-8)7-17-9-2-3-10(17)5-11(18)4-9/h6,9-11,18H,2-5,7,15H2,1H3,(H,16,19). The zero-order chi connectivity index (χ0) is 14.3. The lowest BCUT2D eigenvalue weighted by molar-refractivity contribution is 0.0274. The van der Waals surface area contributed by atoms with Crippen LogP contribution in [0, 0.1) is 6.92 Å². The second kappa shape index (κ2) is 5.20. The minimum absolute atomic E-state index is 0.166. The first-order chi connectivity index (χ1) is 9.58. The number of furan rings is 1. The van der Waals surface area contributed by atoms with Crippen LogP contribution < -0.4 is 11.3 Å². The van der Waals surface area contributed by atoms with E-state index >= 15 is 0 Å². The van der Waals surface area contributed by atoms with Crippen LogP contribution in [0.1, 0.15) is 47.6 Å². The smallest absolute Gasteiger partial charge is 0.268 e. The molecule has 0 aromatic carbocycles. The molecule has 0 saturated carbocycles. The molecule has 6 heteroatoms. The van der Waals surface area contributed by atoms with Gasteiger partial charge in [0.2, 0.25) is 0 Å². The summed E-state index contributed by atoms with van der Waals surface area (Å²) in [5, 5.41) is 9.81. The third-order valence-corrected chi connectivity index (χ3v) is 4.54. The molecule has 0 radical (unpaired) electrons. The summed E-state index contributed by atoms with van der Waals surface area (Å²) in [6.45, 7) is 2.46. The Labute approximate surface area is 117 Å². The van der Waals surface area contributed by atoms with Crippen molar-refractivity contribution in [2.45, 2.75) is 57.3 Å². The Hall–Kier alpha value is -1.37. The fourth-order valence-corrected chi connectivity index (χ4v) is 3.61. The number of nitrogen functional groups attached to an aromatic ring is 1. The predicted octanol–water partition coefficient (Wildman–Crippen LogP) is 0.679. The lowest BCUT2D eigenvalue weighted by atomic mass is 10.00. The van der Waals surface area contributed by atoms with Gasteiger partial charge < -0.3 is 9.52 Å². The molecular formula is C14H21N3O3. The molecular weight excluding hydrogens is 258 g/mol. The second-order valence-corrected chi connectivity index (χ2v) is 5.84. The maximum Gasteiger partial charge on any atom is 0.268 e. The van der Waals surface area contributed by atoms with Crippen LogP contribution in [-0.2, 0) is 6.54 Å².